The highest BCUT2D eigenvalue weighted by Crippen LogP contribution is 2.43. The number of hydrogen-bond acceptors (Lipinski definition) is 9. The smallest absolute Gasteiger partial charge is 0.418 e. The van der Waals surface area contributed by atoms with E-state index in [0.717, 1.165) is 9.58 Å². The molecule has 0 aromatic carbocycles. The van der Waals surface area contributed by atoms with Crippen molar-refractivity contribution in [2.75, 3.05) is 26.2 Å². The molecule has 3 aliphatic rings. The van der Waals surface area contributed by atoms with Gasteiger partial charge in [0.05, 0.1) is 18.3 Å². The molecule has 0 spiro atoms. The highest BCUT2D eigenvalue weighted by molar-refractivity contribution is 7.80. The first kappa shape index (κ1) is 26.6. The molecule has 4 amide bonds. The average Bonchev–Trinajstić information content (AvgIpc) is 3.33. The summed E-state index contributed by atoms with van der Waals surface area (Å²) in [7, 11) is -5.04. The molecule has 17 heteroatoms. The first-order valence-electron chi connectivity index (χ1n) is 11.5. The van der Waals surface area contributed by atoms with E-state index in [1.54, 1.807) is 20.8 Å². The summed E-state index contributed by atoms with van der Waals surface area (Å²) in [6.45, 7) is 5.54. The van der Waals surface area contributed by atoms with Gasteiger partial charge in [-0.05, 0) is 33.6 Å². The summed E-state index contributed by atoms with van der Waals surface area (Å²) in [6, 6.07) is -2.88. The van der Waals surface area contributed by atoms with Crippen molar-refractivity contribution in [2.45, 2.75) is 51.3 Å². The Morgan fingerprint density at radius 2 is 1.86 bits per heavy atom. The molecule has 0 radical (unpaired) electrons. The van der Waals surface area contributed by atoms with Crippen LogP contribution in [0.3, 0.4) is 0 Å². The predicted octanol–water partition coefficient (Wildman–Crippen LogP) is 1.01. The third-order valence-electron chi connectivity index (χ3n) is 6.25. The van der Waals surface area contributed by atoms with Crippen molar-refractivity contribution in [3.63, 3.8) is 0 Å². The van der Waals surface area contributed by atoms with Crippen LogP contribution in [-0.2, 0) is 19.4 Å². The molecule has 3 aliphatic heterocycles. The minimum absolute atomic E-state index is 0.0819. The van der Waals surface area contributed by atoms with Gasteiger partial charge in [0.2, 0.25) is 5.91 Å². The van der Waals surface area contributed by atoms with Crippen LogP contribution >= 0.6 is 0 Å². The lowest BCUT2D eigenvalue weighted by Gasteiger charge is -2.32. The fraction of sp³-hybridized carbons (Fsp3) is 0.650. The van der Waals surface area contributed by atoms with E-state index >= 15 is 0 Å². The third kappa shape index (κ3) is 5.62. The van der Waals surface area contributed by atoms with E-state index in [2.05, 4.69) is 14.7 Å². The maximum Gasteiger partial charge on any atom is 0.418 e. The van der Waals surface area contributed by atoms with Gasteiger partial charge in [-0.15, -0.1) is 4.28 Å². The van der Waals surface area contributed by atoms with Crippen LogP contribution in [0, 0.1) is 5.92 Å². The van der Waals surface area contributed by atoms with E-state index in [0.29, 0.717) is 31.0 Å². The van der Waals surface area contributed by atoms with Crippen molar-refractivity contribution in [3.8, 4) is 0 Å². The molecule has 3 N–H and O–H groups in total. The molecular weight excluding hydrogens is 516 g/mol. The lowest BCUT2D eigenvalue weighted by atomic mass is 9.96. The molecule has 4 rings (SSSR count). The largest absolute Gasteiger partial charge is 0.465 e. The number of nitrogens with zero attached hydrogens (tertiary/aromatic N) is 5. The van der Waals surface area contributed by atoms with Gasteiger partial charge in [0, 0.05) is 37.3 Å². The zero-order valence-electron chi connectivity index (χ0n) is 20.4. The molecule has 204 valence electrons. The van der Waals surface area contributed by atoms with Crippen LogP contribution in [0.2, 0.25) is 0 Å². The molecule has 4 heterocycles. The van der Waals surface area contributed by atoms with Crippen molar-refractivity contribution in [3.05, 3.63) is 17.5 Å². The molecule has 2 saturated heterocycles. The Morgan fingerprint density at radius 1 is 1.22 bits per heavy atom. The number of nitrogens with one attached hydrogen (secondary N) is 1. The Hall–Kier alpha value is -3.44. The SMILES string of the molecule is CC(C)(C)OC(=O)N1CCC(C(=O)n2cc3c(n2)C(CNC(=O)O)N2C[C@H]3N(OS(=O)(=O)O)C2=O)CC1. The van der Waals surface area contributed by atoms with E-state index in [4.69, 9.17) is 14.4 Å². The van der Waals surface area contributed by atoms with Crippen LogP contribution < -0.4 is 5.32 Å². The van der Waals surface area contributed by atoms with Crippen molar-refractivity contribution < 1.29 is 46.3 Å². The van der Waals surface area contributed by atoms with E-state index < -0.39 is 52.2 Å². The van der Waals surface area contributed by atoms with Gasteiger partial charge in [-0.25, -0.2) is 19.1 Å². The highest BCUT2D eigenvalue weighted by atomic mass is 32.3. The fourth-order valence-corrected chi connectivity index (χ4v) is 5.03. The summed E-state index contributed by atoms with van der Waals surface area (Å²) in [4.78, 5) is 52.1. The monoisotopic (exact) mass is 544 g/mol. The second-order valence-corrected chi connectivity index (χ2v) is 11.0. The number of carbonyl (C=O) groups is 4. The molecule has 1 aromatic heterocycles. The molecule has 16 nitrogen and oxygen atoms in total. The van der Waals surface area contributed by atoms with Crippen LogP contribution in [0.15, 0.2) is 6.20 Å². The quantitative estimate of drug-likeness (QED) is 0.447. The van der Waals surface area contributed by atoms with Crippen LogP contribution in [0.5, 0.6) is 0 Å². The number of carbonyl (C=O) groups excluding carboxylic acids is 3. The number of aromatic nitrogens is 2. The first-order valence-corrected chi connectivity index (χ1v) is 12.9. The summed E-state index contributed by atoms with van der Waals surface area (Å²) in [6.07, 6.45) is 0.258. The van der Waals surface area contributed by atoms with Gasteiger partial charge in [-0.2, -0.15) is 18.6 Å². The van der Waals surface area contributed by atoms with Crippen molar-refractivity contribution in [2.24, 2.45) is 5.92 Å². The molecule has 2 atom stereocenters. The number of urea groups is 1. The number of hydroxylamine groups is 2. The summed E-state index contributed by atoms with van der Waals surface area (Å²) in [5.74, 6) is -0.845. The van der Waals surface area contributed by atoms with Gasteiger partial charge in [0.15, 0.2) is 0 Å². The minimum Gasteiger partial charge on any atom is -0.465 e. The highest BCUT2D eigenvalue weighted by Gasteiger charge is 2.52. The van der Waals surface area contributed by atoms with Crippen LogP contribution in [-0.4, -0.2) is 98.6 Å². The maximum absolute atomic E-state index is 13.3. The summed E-state index contributed by atoms with van der Waals surface area (Å²) < 4.78 is 42.7. The van der Waals surface area contributed by atoms with Gasteiger partial charge in [-0.1, -0.05) is 0 Å². The van der Waals surface area contributed by atoms with Crippen LogP contribution in [0.4, 0.5) is 14.4 Å². The number of hydrogen-bond donors (Lipinski definition) is 3. The van der Waals surface area contributed by atoms with E-state index in [1.807, 2.05) is 0 Å². The predicted molar refractivity (Wildman–Crippen MR) is 121 cm³/mol. The Labute approximate surface area is 212 Å². The van der Waals surface area contributed by atoms with Crippen molar-refractivity contribution >= 4 is 34.5 Å². The number of ether oxygens (including phenoxy) is 1. The Morgan fingerprint density at radius 3 is 2.43 bits per heavy atom. The standard InChI is InChI=1S/C20H28N6O10S/c1-20(2,3)35-19(31)23-6-4-11(5-7-23)16(27)25-9-12-14-10-24(18(30)26(14)36-37(32,33)34)13(15(12)22-25)8-21-17(28)29/h9,11,13-14,21H,4-8,10H2,1-3H3,(H,28,29)(H,32,33,34)/t13?,14-/m1/s1. The van der Waals surface area contributed by atoms with Crippen LogP contribution in [0.25, 0.3) is 0 Å². The molecule has 37 heavy (non-hydrogen) atoms. The number of rotatable bonds is 5. The zero-order chi connectivity index (χ0) is 27.3. The molecule has 0 saturated carbocycles. The van der Waals surface area contributed by atoms with Gasteiger partial charge in [0.1, 0.15) is 11.6 Å². The van der Waals surface area contributed by atoms with E-state index in [-0.39, 0.29) is 30.3 Å². The number of amides is 4. The molecule has 1 aromatic rings. The summed E-state index contributed by atoms with van der Waals surface area (Å²) in [5, 5.41) is 16.0. The molecule has 2 fully saturated rings. The van der Waals surface area contributed by atoms with E-state index in [9.17, 15) is 27.6 Å². The first-order chi connectivity index (χ1) is 17.1. The number of likely N-dealkylation sites (tertiary alicyclic amines) is 1. The Balaban J connectivity index is 1.55. The summed E-state index contributed by atoms with van der Waals surface area (Å²) in [5.41, 5.74) is -0.171. The van der Waals surface area contributed by atoms with Gasteiger partial charge in [0.25, 0.3) is 0 Å². The van der Waals surface area contributed by atoms with Gasteiger partial charge in [-0.3, -0.25) is 9.35 Å². The average molecular weight is 545 g/mol. The Bertz CT molecular complexity index is 1220. The van der Waals surface area contributed by atoms with Gasteiger partial charge >= 0.3 is 28.6 Å². The van der Waals surface area contributed by atoms with E-state index in [1.165, 1.54) is 11.1 Å². The van der Waals surface area contributed by atoms with Crippen molar-refractivity contribution in [1.29, 1.82) is 0 Å². The maximum atomic E-state index is 13.3. The number of fused-ring (bicyclic) bond motifs is 4. The lowest BCUT2D eigenvalue weighted by Crippen LogP contribution is -2.43. The second kappa shape index (κ2) is 9.46. The zero-order valence-corrected chi connectivity index (χ0v) is 21.2. The normalized spacial score (nSPS) is 22.2. The third-order valence-corrected chi connectivity index (χ3v) is 6.60. The molecule has 2 bridgehead atoms. The number of piperidine rings is 1. The molecule has 0 aliphatic carbocycles. The van der Waals surface area contributed by atoms with Crippen molar-refractivity contribution in [1.82, 2.24) is 30.0 Å². The summed E-state index contributed by atoms with van der Waals surface area (Å²) >= 11 is 0. The molecule has 1 unspecified atom stereocenters. The van der Waals surface area contributed by atoms with Gasteiger partial charge < -0.3 is 25.0 Å². The topological polar surface area (TPSA) is 201 Å². The van der Waals surface area contributed by atoms with Crippen LogP contribution in [0.1, 0.15) is 61.7 Å². The fourth-order valence-electron chi connectivity index (χ4n) is 4.66. The number of carboxylic acid groups (broad SMARTS) is 1. The minimum atomic E-state index is -5.04. The Kier molecular flexibility index (Phi) is 6.80. The lowest BCUT2D eigenvalue weighted by molar-refractivity contribution is -0.0317. The molecular formula is C20H28N6O10S. The second-order valence-electron chi connectivity index (χ2n) is 9.97.